The van der Waals surface area contributed by atoms with Crippen LogP contribution in [0.5, 0.6) is 0 Å². The zero-order valence-electron chi connectivity index (χ0n) is 19.3. The summed E-state index contributed by atoms with van der Waals surface area (Å²) >= 11 is 0. The molecule has 2 saturated carbocycles. The van der Waals surface area contributed by atoms with Crippen molar-refractivity contribution in [3.63, 3.8) is 0 Å². The first-order valence-corrected chi connectivity index (χ1v) is 11.9. The van der Waals surface area contributed by atoms with Gasteiger partial charge >= 0.3 is 0 Å². The summed E-state index contributed by atoms with van der Waals surface area (Å²) < 4.78 is 0. The molecule has 0 saturated heterocycles. The summed E-state index contributed by atoms with van der Waals surface area (Å²) in [6, 6.07) is 0. The number of hydrogen-bond donors (Lipinski definition) is 2. The number of rotatable bonds is 3. The summed E-state index contributed by atoms with van der Waals surface area (Å²) in [5.41, 5.74) is 6.44. The second kappa shape index (κ2) is 8.67. The zero-order chi connectivity index (χ0) is 21.4. The van der Waals surface area contributed by atoms with Crippen LogP contribution >= 0.6 is 0 Å². The third-order valence-corrected chi connectivity index (χ3v) is 9.29. The molecule has 3 aliphatic rings. The summed E-state index contributed by atoms with van der Waals surface area (Å²) in [4.78, 5) is 14.6. The minimum atomic E-state index is -0.532. The lowest BCUT2D eigenvalue weighted by Gasteiger charge is -2.53. The minimum Gasteiger partial charge on any atom is -0.389 e. The highest BCUT2D eigenvalue weighted by molar-refractivity contribution is 5.90. The predicted octanol–water partition coefficient (Wildman–Crippen LogP) is 5.28. The van der Waals surface area contributed by atoms with E-state index in [0.717, 1.165) is 18.4 Å². The van der Waals surface area contributed by atoms with Gasteiger partial charge < -0.3 is 10.8 Å². The molecule has 5 unspecified atom stereocenters. The molecule has 0 aromatic carbocycles. The van der Waals surface area contributed by atoms with Gasteiger partial charge in [-0.1, -0.05) is 65.2 Å². The van der Waals surface area contributed by atoms with Crippen LogP contribution in [-0.4, -0.2) is 23.5 Å². The standard InChI is InChI=1S/C26H43NO2/c1-6-14-26-18(3)11-10-17(2)25(4,5)21(24(26)29)13-12-20(16-27)23(28)15-22(26)19-8-7-9-19/h6,12,14,17-19,21-23,28H,7-11,13,15-16,27H2,1-5H3/b14-6+,20-12-/t17?,18-,21?,22?,23?,26?/m1/s1. The molecular formula is C26H43NO2. The molecule has 6 atom stereocenters. The highest BCUT2D eigenvalue weighted by Gasteiger charge is 2.57. The molecule has 2 bridgehead atoms. The van der Waals surface area contributed by atoms with Crippen LogP contribution in [0.1, 0.15) is 79.6 Å². The van der Waals surface area contributed by atoms with Gasteiger partial charge in [0.05, 0.1) is 11.5 Å². The third kappa shape index (κ3) is 3.78. The number of allylic oxidation sites excluding steroid dienone is 3. The Hall–Kier alpha value is -0.930. The Bertz CT molecular complexity index is 660. The second-order valence-corrected chi connectivity index (χ2v) is 10.8. The van der Waals surface area contributed by atoms with Gasteiger partial charge in [-0.15, -0.1) is 0 Å². The molecule has 0 spiro atoms. The average Bonchev–Trinajstić information content (AvgIpc) is 2.67. The summed E-state index contributed by atoms with van der Waals surface area (Å²) in [5.74, 6) is 1.91. The molecule has 3 nitrogen and oxygen atoms in total. The molecule has 0 radical (unpaired) electrons. The van der Waals surface area contributed by atoms with E-state index < -0.39 is 11.5 Å². The SMILES string of the molecule is C/C=C/C12C(=O)C(C/C=C(/CN)C(O)CC1C1CCC1)C(C)(C)C(C)CC[C@H]2C. The summed E-state index contributed by atoms with van der Waals surface area (Å²) in [6.07, 6.45) is 13.1. The van der Waals surface area contributed by atoms with Crippen LogP contribution in [0, 0.1) is 40.4 Å². The van der Waals surface area contributed by atoms with Crippen molar-refractivity contribution in [2.45, 2.75) is 85.7 Å². The number of aliphatic hydroxyl groups is 1. The maximum Gasteiger partial charge on any atom is 0.147 e. The van der Waals surface area contributed by atoms with E-state index >= 15 is 0 Å². The van der Waals surface area contributed by atoms with E-state index in [4.69, 9.17) is 5.73 Å². The van der Waals surface area contributed by atoms with Gasteiger partial charge in [-0.05, 0) is 67.3 Å². The van der Waals surface area contributed by atoms with Crippen molar-refractivity contribution in [3.8, 4) is 0 Å². The zero-order valence-corrected chi connectivity index (χ0v) is 19.3. The fraction of sp³-hybridized carbons (Fsp3) is 0.808. The van der Waals surface area contributed by atoms with Gasteiger partial charge in [0.2, 0.25) is 0 Å². The van der Waals surface area contributed by atoms with Crippen LogP contribution in [0.2, 0.25) is 0 Å². The van der Waals surface area contributed by atoms with Gasteiger partial charge in [-0.2, -0.15) is 0 Å². The number of hydrogen-bond acceptors (Lipinski definition) is 3. The van der Waals surface area contributed by atoms with Gasteiger partial charge in [0, 0.05) is 12.5 Å². The van der Waals surface area contributed by atoms with Gasteiger partial charge in [-0.3, -0.25) is 4.79 Å². The van der Waals surface area contributed by atoms with Crippen LogP contribution in [0.4, 0.5) is 0 Å². The van der Waals surface area contributed by atoms with E-state index in [2.05, 4.69) is 52.8 Å². The molecular weight excluding hydrogens is 358 g/mol. The van der Waals surface area contributed by atoms with Crippen molar-refractivity contribution in [2.75, 3.05) is 6.54 Å². The Labute approximate surface area is 178 Å². The number of aliphatic hydroxyl groups excluding tert-OH is 1. The normalized spacial score (nSPS) is 43.3. The maximum atomic E-state index is 14.6. The first kappa shape index (κ1) is 22.7. The number of carbonyl (C=O) groups is 1. The fourth-order valence-corrected chi connectivity index (χ4v) is 6.58. The molecule has 29 heavy (non-hydrogen) atoms. The molecule has 0 amide bonds. The number of Topliss-reactive ketones (excluding diaryl/α,β-unsaturated/α-hetero) is 1. The van der Waals surface area contributed by atoms with E-state index in [1.54, 1.807) is 0 Å². The van der Waals surface area contributed by atoms with Gasteiger partial charge in [0.15, 0.2) is 0 Å². The Kier molecular flexibility index (Phi) is 6.80. The highest BCUT2D eigenvalue weighted by atomic mass is 16.3. The lowest BCUT2D eigenvalue weighted by Crippen LogP contribution is -2.54. The average molecular weight is 402 g/mol. The molecule has 3 N–H and O–H groups in total. The Morgan fingerprint density at radius 1 is 1.17 bits per heavy atom. The molecule has 2 fully saturated rings. The minimum absolute atomic E-state index is 0.0362. The van der Waals surface area contributed by atoms with Crippen LogP contribution in [0.15, 0.2) is 23.8 Å². The quantitative estimate of drug-likeness (QED) is 0.632. The maximum absolute atomic E-state index is 14.6. The molecule has 3 heteroatoms. The smallest absolute Gasteiger partial charge is 0.147 e. The van der Waals surface area contributed by atoms with E-state index in [0.29, 0.717) is 42.9 Å². The monoisotopic (exact) mass is 401 g/mol. The lowest BCUT2D eigenvalue weighted by molar-refractivity contribution is -0.147. The fourth-order valence-electron chi connectivity index (χ4n) is 6.58. The number of nitrogens with two attached hydrogens (primary N) is 1. The Morgan fingerprint density at radius 3 is 2.38 bits per heavy atom. The van der Waals surface area contributed by atoms with Crippen LogP contribution in [0.3, 0.4) is 0 Å². The van der Waals surface area contributed by atoms with E-state index in [9.17, 15) is 9.90 Å². The first-order chi connectivity index (χ1) is 13.7. The number of fused-ring (bicyclic) bond motifs is 2. The molecule has 0 heterocycles. The molecule has 3 rings (SSSR count). The summed E-state index contributed by atoms with van der Waals surface area (Å²) in [5, 5.41) is 11.2. The largest absolute Gasteiger partial charge is 0.389 e. The second-order valence-electron chi connectivity index (χ2n) is 10.8. The molecule has 164 valence electrons. The molecule has 0 aromatic heterocycles. The molecule has 0 aromatic rings. The van der Waals surface area contributed by atoms with E-state index in [-0.39, 0.29) is 17.3 Å². The van der Waals surface area contributed by atoms with Crippen molar-refractivity contribution in [1.29, 1.82) is 0 Å². The van der Waals surface area contributed by atoms with Crippen molar-refractivity contribution in [3.05, 3.63) is 23.8 Å². The predicted molar refractivity (Wildman–Crippen MR) is 120 cm³/mol. The van der Waals surface area contributed by atoms with Crippen LogP contribution in [0.25, 0.3) is 0 Å². The molecule has 3 aliphatic carbocycles. The van der Waals surface area contributed by atoms with Gasteiger partial charge in [-0.25, -0.2) is 0 Å². The highest BCUT2D eigenvalue weighted by Crippen LogP contribution is 2.57. The number of ketones is 1. The van der Waals surface area contributed by atoms with Crippen molar-refractivity contribution in [2.24, 2.45) is 46.2 Å². The Morgan fingerprint density at radius 2 is 1.83 bits per heavy atom. The van der Waals surface area contributed by atoms with Crippen molar-refractivity contribution >= 4 is 5.78 Å². The van der Waals surface area contributed by atoms with Crippen molar-refractivity contribution in [1.82, 2.24) is 0 Å². The first-order valence-electron chi connectivity index (χ1n) is 11.9. The summed E-state index contributed by atoms with van der Waals surface area (Å²) in [6.45, 7) is 11.6. The van der Waals surface area contributed by atoms with Crippen molar-refractivity contribution < 1.29 is 9.90 Å². The van der Waals surface area contributed by atoms with Gasteiger partial charge in [0.1, 0.15) is 5.78 Å². The van der Waals surface area contributed by atoms with Crippen LogP contribution < -0.4 is 5.73 Å². The number of carbonyl (C=O) groups excluding carboxylic acids is 1. The van der Waals surface area contributed by atoms with E-state index in [1.807, 2.05) is 0 Å². The topological polar surface area (TPSA) is 63.3 Å². The molecule has 0 aliphatic heterocycles. The lowest BCUT2D eigenvalue weighted by atomic mass is 9.49. The van der Waals surface area contributed by atoms with E-state index in [1.165, 1.54) is 19.3 Å². The van der Waals surface area contributed by atoms with Gasteiger partial charge in [0.25, 0.3) is 0 Å². The summed E-state index contributed by atoms with van der Waals surface area (Å²) in [7, 11) is 0. The Balaban J connectivity index is 2.23. The third-order valence-electron chi connectivity index (χ3n) is 9.29. The van der Waals surface area contributed by atoms with Crippen LogP contribution in [-0.2, 0) is 4.79 Å².